The molecule has 0 bridgehead atoms. The first-order valence-corrected chi connectivity index (χ1v) is 7.09. The maximum Gasteiger partial charge on any atom is 0.387 e. The van der Waals surface area contributed by atoms with Crippen LogP contribution in [0.3, 0.4) is 0 Å². The van der Waals surface area contributed by atoms with Crippen molar-refractivity contribution in [2.45, 2.75) is 6.61 Å². The second-order valence-corrected chi connectivity index (χ2v) is 4.82. The Morgan fingerprint density at radius 1 is 1.08 bits per heavy atom. The first-order chi connectivity index (χ1) is 11.6. The second-order valence-electron chi connectivity index (χ2n) is 4.82. The Labute approximate surface area is 136 Å². The average Bonchev–Trinajstić information content (AvgIpc) is 3.10. The molecule has 1 heterocycles. The van der Waals surface area contributed by atoms with Gasteiger partial charge in [0.15, 0.2) is 0 Å². The fraction of sp³-hybridized carbons (Fsp3) is 0.0588. The van der Waals surface area contributed by atoms with Crippen molar-refractivity contribution >= 4 is 11.6 Å². The number of carbonyl (C=O) groups is 1. The zero-order chi connectivity index (χ0) is 16.9. The SMILES string of the molecule is O=C(Nc1ccc(OC(F)F)cc1)c1ccccc1-n1cccn1. The Morgan fingerprint density at radius 3 is 2.50 bits per heavy atom. The van der Waals surface area contributed by atoms with Crippen molar-refractivity contribution in [2.75, 3.05) is 5.32 Å². The van der Waals surface area contributed by atoms with Gasteiger partial charge >= 0.3 is 6.61 Å². The summed E-state index contributed by atoms with van der Waals surface area (Å²) in [5, 5.41) is 6.84. The Bertz CT molecular complexity index is 818. The first-order valence-electron chi connectivity index (χ1n) is 7.09. The van der Waals surface area contributed by atoms with Crippen molar-refractivity contribution < 1.29 is 18.3 Å². The number of aromatic nitrogens is 2. The number of benzene rings is 2. The normalized spacial score (nSPS) is 10.6. The number of alkyl halides is 2. The molecule has 1 amide bonds. The van der Waals surface area contributed by atoms with E-state index in [2.05, 4.69) is 15.2 Å². The minimum absolute atomic E-state index is 0.0277. The third kappa shape index (κ3) is 3.57. The number of amides is 1. The number of para-hydroxylation sites is 1. The molecule has 0 aliphatic carbocycles. The molecule has 0 aliphatic rings. The van der Waals surface area contributed by atoms with Crippen LogP contribution >= 0.6 is 0 Å². The van der Waals surface area contributed by atoms with Gasteiger partial charge in [0.25, 0.3) is 5.91 Å². The van der Waals surface area contributed by atoms with Crippen molar-refractivity contribution in [3.05, 3.63) is 72.6 Å². The minimum atomic E-state index is -2.88. The number of nitrogens with zero attached hydrogens (tertiary/aromatic N) is 2. The molecule has 0 saturated heterocycles. The summed E-state index contributed by atoms with van der Waals surface area (Å²) in [7, 11) is 0. The van der Waals surface area contributed by atoms with E-state index in [0.29, 0.717) is 16.9 Å². The molecule has 0 unspecified atom stereocenters. The summed E-state index contributed by atoms with van der Waals surface area (Å²) in [6.45, 7) is -2.88. The molecule has 5 nitrogen and oxygen atoms in total. The molecule has 122 valence electrons. The van der Waals surface area contributed by atoms with Gasteiger partial charge < -0.3 is 10.1 Å². The molecular formula is C17H13F2N3O2. The van der Waals surface area contributed by atoms with Gasteiger partial charge in [0, 0.05) is 18.1 Å². The molecule has 3 aromatic rings. The van der Waals surface area contributed by atoms with E-state index >= 15 is 0 Å². The average molecular weight is 329 g/mol. The van der Waals surface area contributed by atoms with E-state index in [1.165, 1.54) is 24.3 Å². The van der Waals surface area contributed by atoms with E-state index in [9.17, 15) is 13.6 Å². The van der Waals surface area contributed by atoms with Gasteiger partial charge in [0.2, 0.25) is 0 Å². The summed E-state index contributed by atoms with van der Waals surface area (Å²) in [5.74, 6) is -0.302. The number of hydrogen-bond donors (Lipinski definition) is 1. The first kappa shape index (κ1) is 15.7. The van der Waals surface area contributed by atoms with E-state index in [1.807, 2.05) is 6.07 Å². The molecule has 1 aromatic heterocycles. The van der Waals surface area contributed by atoms with Crippen LogP contribution in [-0.2, 0) is 0 Å². The van der Waals surface area contributed by atoms with Crippen molar-refractivity contribution in [1.29, 1.82) is 0 Å². The van der Waals surface area contributed by atoms with Crippen LogP contribution in [0, 0.1) is 0 Å². The molecule has 0 spiro atoms. The van der Waals surface area contributed by atoms with E-state index in [4.69, 9.17) is 0 Å². The highest BCUT2D eigenvalue weighted by atomic mass is 19.3. The summed E-state index contributed by atoms with van der Waals surface area (Å²) < 4.78 is 30.1. The van der Waals surface area contributed by atoms with Crippen LogP contribution in [0.4, 0.5) is 14.5 Å². The van der Waals surface area contributed by atoms with Crippen LogP contribution in [0.2, 0.25) is 0 Å². The predicted octanol–water partition coefficient (Wildman–Crippen LogP) is 3.73. The molecular weight excluding hydrogens is 316 g/mol. The van der Waals surface area contributed by atoms with E-state index < -0.39 is 6.61 Å². The lowest BCUT2D eigenvalue weighted by atomic mass is 10.1. The number of hydrogen-bond acceptors (Lipinski definition) is 3. The maximum absolute atomic E-state index is 12.5. The number of halogens is 2. The van der Waals surface area contributed by atoms with Gasteiger partial charge in [-0.1, -0.05) is 12.1 Å². The van der Waals surface area contributed by atoms with E-state index in [0.717, 1.165) is 0 Å². The lowest BCUT2D eigenvalue weighted by Gasteiger charge is -2.11. The molecule has 0 saturated carbocycles. The molecule has 0 atom stereocenters. The Balaban J connectivity index is 1.78. The van der Waals surface area contributed by atoms with Crippen LogP contribution in [-0.4, -0.2) is 22.3 Å². The second kappa shape index (κ2) is 6.91. The fourth-order valence-electron chi connectivity index (χ4n) is 2.19. The molecule has 0 aliphatic heterocycles. The predicted molar refractivity (Wildman–Crippen MR) is 84.6 cm³/mol. The van der Waals surface area contributed by atoms with Crippen molar-refractivity contribution in [3.8, 4) is 11.4 Å². The van der Waals surface area contributed by atoms with Crippen LogP contribution < -0.4 is 10.1 Å². The van der Waals surface area contributed by atoms with Gasteiger partial charge in [0.1, 0.15) is 5.75 Å². The topological polar surface area (TPSA) is 56.1 Å². The molecule has 24 heavy (non-hydrogen) atoms. The van der Waals surface area contributed by atoms with Crippen LogP contribution in [0.25, 0.3) is 5.69 Å². The smallest absolute Gasteiger partial charge is 0.387 e. The number of anilines is 1. The Morgan fingerprint density at radius 2 is 1.83 bits per heavy atom. The third-order valence-corrected chi connectivity index (χ3v) is 3.24. The fourth-order valence-corrected chi connectivity index (χ4v) is 2.19. The van der Waals surface area contributed by atoms with Gasteiger partial charge in [-0.2, -0.15) is 13.9 Å². The highest BCUT2D eigenvalue weighted by Crippen LogP contribution is 2.20. The quantitative estimate of drug-likeness (QED) is 0.776. The zero-order valence-corrected chi connectivity index (χ0v) is 12.4. The summed E-state index contributed by atoms with van der Waals surface area (Å²) in [6.07, 6.45) is 3.36. The minimum Gasteiger partial charge on any atom is -0.435 e. The highest BCUT2D eigenvalue weighted by molar-refractivity contribution is 6.06. The molecule has 7 heteroatoms. The standard InChI is InChI=1S/C17H13F2N3O2/c18-17(19)24-13-8-6-12(7-9-13)21-16(23)14-4-1-2-5-15(14)22-11-3-10-20-22/h1-11,17H,(H,21,23). The van der Waals surface area contributed by atoms with Gasteiger partial charge in [-0.05, 0) is 42.5 Å². The Hall–Kier alpha value is -3.22. The maximum atomic E-state index is 12.5. The number of nitrogens with one attached hydrogen (secondary N) is 1. The molecule has 1 N–H and O–H groups in total. The number of carbonyl (C=O) groups excluding carboxylic acids is 1. The molecule has 2 aromatic carbocycles. The van der Waals surface area contributed by atoms with Crippen LogP contribution in [0.5, 0.6) is 5.75 Å². The van der Waals surface area contributed by atoms with Crippen molar-refractivity contribution in [2.24, 2.45) is 0 Å². The van der Waals surface area contributed by atoms with Crippen LogP contribution in [0.15, 0.2) is 67.0 Å². The third-order valence-electron chi connectivity index (χ3n) is 3.24. The number of rotatable bonds is 5. The van der Waals surface area contributed by atoms with Crippen molar-refractivity contribution in [3.63, 3.8) is 0 Å². The van der Waals surface area contributed by atoms with E-state index in [-0.39, 0.29) is 11.7 Å². The lowest BCUT2D eigenvalue weighted by molar-refractivity contribution is -0.0498. The molecule has 0 radical (unpaired) electrons. The van der Waals surface area contributed by atoms with Gasteiger partial charge in [0.05, 0.1) is 11.3 Å². The highest BCUT2D eigenvalue weighted by Gasteiger charge is 2.13. The number of ether oxygens (including phenoxy) is 1. The van der Waals surface area contributed by atoms with Gasteiger partial charge in [-0.3, -0.25) is 4.79 Å². The summed E-state index contributed by atoms with van der Waals surface area (Å²) >= 11 is 0. The zero-order valence-electron chi connectivity index (χ0n) is 12.4. The van der Waals surface area contributed by atoms with Gasteiger partial charge in [-0.25, -0.2) is 4.68 Å². The van der Waals surface area contributed by atoms with Gasteiger partial charge in [-0.15, -0.1) is 0 Å². The van der Waals surface area contributed by atoms with E-state index in [1.54, 1.807) is 41.3 Å². The lowest BCUT2D eigenvalue weighted by Crippen LogP contribution is -2.15. The Kier molecular flexibility index (Phi) is 4.51. The summed E-state index contributed by atoms with van der Waals surface area (Å²) in [6, 6.07) is 14.5. The molecule has 0 fully saturated rings. The summed E-state index contributed by atoms with van der Waals surface area (Å²) in [4.78, 5) is 12.5. The van der Waals surface area contributed by atoms with Crippen LogP contribution in [0.1, 0.15) is 10.4 Å². The summed E-state index contributed by atoms with van der Waals surface area (Å²) in [5.41, 5.74) is 1.55. The largest absolute Gasteiger partial charge is 0.435 e. The van der Waals surface area contributed by atoms with Crippen molar-refractivity contribution in [1.82, 2.24) is 9.78 Å². The molecule has 3 rings (SSSR count). The monoisotopic (exact) mass is 329 g/mol.